The van der Waals surface area contributed by atoms with Gasteiger partial charge in [0.25, 0.3) is 0 Å². The summed E-state index contributed by atoms with van der Waals surface area (Å²) in [6.07, 6.45) is 1.58. The van der Waals surface area contributed by atoms with Crippen LogP contribution in [-0.2, 0) is 24.4 Å². The summed E-state index contributed by atoms with van der Waals surface area (Å²) in [6.45, 7) is 0.607. The molecule has 4 rings (SSSR count). The molecule has 2 heterocycles. The lowest BCUT2D eigenvalue weighted by Crippen LogP contribution is -2.34. The number of aromatic nitrogens is 1. The number of nitrogens with zero attached hydrogens (tertiary/aromatic N) is 3. The van der Waals surface area contributed by atoms with Crippen molar-refractivity contribution in [1.29, 1.82) is 0 Å². The van der Waals surface area contributed by atoms with Gasteiger partial charge in [-0.05, 0) is 42.0 Å². The fourth-order valence-corrected chi connectivity index (χ4v) is 3.34. The van der Waals surface area contributed by atoms with Gasteiger partial charge >= 0.3 is 5.76 Å². The molecule has 0 saturated heterocycles. The zero-order valence-electron chi connectivity index (χ0n) is 16.9. The number of oxazole rings is 1. The second-order valence-corrected chi connectivity index (χ2v) is 7.31. The van der Waals surface area contributed by atoms with E-state index in [1.165, 1.54) is 4.57 Å². The highest BCUT2D eigenvalue weighted by Crippen LogP contribution is 2.17. The molecule has 30 heavy (non-hydrogen) atoms. The summed E-state index contributed by atoms with van der Waals surface area (Å²) in [4.78, 5) is 29.2. The van der Waals surface area contributed by atoms with Crippen molar-refractivity contribution in [3.63, 3.8) is 0 Å². The molecule has 154 valence electrons. The van der Waals surface area contributed by atoms with Gasteiger partial charge in [0.15, 0.2) is 5.58 Å². The van der Waals surface area contributed by atoms with E-state index in [0.717, 1.165) is 11.3 Å². The van der Waals surface area contributed by atoms with E-state index in [2.05, 4.69) is 0 Å². The molecule has 0 spiro atoms. The van der Waals surface area contributed by atoms with Crippen LogP contribution < -0.4 is 10.7 Å². The second kappa shape index (κ2) is 8.32. The van der Waals surface area contributed by atoms with Gasteiger partial charge in [0.2, 0.25) is 5.91 Å². The minimum atomic E-state index is -0.544. The molecule has 0 bridgehead atoms. The lowest BCUT2D eigenvalue weighted by Gasteiger charge is -2.22. The van der Waals surface area contributed by atoms with Crippen LogP contribution in [0.2, 0.25) is 0 Å². The largest absolute Gasteiger partial charge is 0.467 e. The molecular formula is C23H23N3O4. The molecule has 4 aromatic rings. The number of hydrogen-bond acceptors (Lipinski definition) is 5. The number of amides is 1. The molecule has 7 heteroatoms. The first-order chi connectivity index (χ1) is 14.5. The average Bonchev–Trinajstić information content (AvgIpc) is 3.36. The standard InChI is InChI=1S/C23H23N3O4/c1-24(2)18-11-9-17(10-12-18)14-25(15-19-6-5-13-29-19)22(27)16-26-20-7-3-4-8-21(20)30-23(26)28/h3-13H,14-16H2,1-2H3. The SMILES string of the molecule is CN(C)c1ccc(CN(Cc2ccco2)C(=O)Cn2c(=O)oc3ccccc32)cc1. The van der Waals surface area contributed by atoms with Gasteiger partial charge in [-0.1, -0.05) is 24.3 Å². The van der Waals surface area contributed by atoms with Crippen LogP contribution >= 0.6 is 0 Å². The minimum Gasteiger partial charge on any atom is -0.467 e. The quantitative estimate of drug-likeness (QED) is 0.471. The lowest BCUT2D eigenvalue weighted by molar-refractivity contribution is -0.133. The van der Waals surface area contributed by atoms with E-state index in [-0.39, 0.29) is 12.5 Å². The van der Waals surface area contributed by atoms with E-state index >= 15 is 0 Å². The van der Waals surface area contributed by atoms with Crippen molar-refractivity contribution in [2.45, 2.75) is 19.6 Å². The predicted molar refractivity (Wildman–Crippen MR) is 114 cm³/mol. The molecule has 0 radical (unpaired) electrons. The first-order valence-electron chi connectivity index (χ1n) is 9.66. The Kier molecular flexibility index (Phi) is 5.43. The van der Waals surface area contributed by atoms with Gasteiger partial charge in [0.1, 0.15) is 12.3 Å². The summed E-state index contributed by atoms with van der Waals surface area (Å²) in [5, 5.41) is 0. The monoisotopic (exact) mass is 405 g/mol. The van der Waals surface area contributed by atoms with Crippen LogP contribution in [0.4, 0.5) is 5.69 Å². The third-order valence-electron chi connectivity index (χ3n) is 4.97. The summed E-state index contributed by atoms with van der Waals surface area (Å²) in [5.41, 5.74) is 3.14. The molecule has 2 aromatic heterocycles. The zero-order chi connectivity index (χ0) is 21.1. The van der Waals surface area contributed by atoms with Gasteiger partial charge in [-0.2, -0.15) is 0 Å². The minimum absolute atomic E-state index is 0.105. The van der Waals surface area contributed by atoms with Crippen molar-refractivity contribution in [1.82, 2.24) is 9.47 Å². The zero-order valence-corrected chi connectivity index (χ0v) is 16.9. The Bertz CT molecular complexity index is 1190. The second-order valence-electron chi connectivity index (χ2n) is 7.31. The van der Waals surface area contributed by atoms with Gasteiger partial charge in [-0.3, -0.25) is 9.36 Å². The maximum Gasteiger partial charge on any atom is 0.420 e. The molecule has 0 saturated carbocycles. The Hall–Kier alpha value is -3.74. The summed E-state index contributed by atoms with van der Waals surface area (Å²) >= 11 is 0. The van der Waals surface area contributed by atoms with Gasteiger partial charge in [-0.25, -0.2) is 4.79 Å². The molecule has 0 aliphatic rings. The maximum atomic E-state index is 13.2. The van der Waals surface area contributed by atoms with Crippen LogP contribution in [0.5, 0.6) is 0 Å². The Balaban J connectivity index is 1.59. The molecule has 0 fully saturated rings. The Labute approximate surface area is 173 Å². The van der Waals surface area contributed by atoms with Crippen molar-refractivity contribution >= 4 is 22.7 Å². The molecule has 0 aliphatic heterocycles. The number of anilines is 1. The molecule has 7 nitrogen and oxygen atoms in total. The van der Waals surface area contributed by atoms with Gasteiger partial charge in [0.05, 0.1) is 18.3 Å². The average molecular weight is 405 g/mol. The molecular weight excluding hydrogens is 382 g/mol. The molecule has 0 aliphatic carbocycles. The highest BCUT2D eigenvalue weighted by molar-refractivity contribution is 5.79. The summed E-state index contributed by atoms with van der Waals surface area (Å²) < 4.78 is 12.1. The molecule has 1 amide bonds. The third kappa shape index (κ3) is 4.15. The highest BCUT2D eigenvalue weighted by Gasteiger charge is 2.19. The number of para-hydroxylation sites is 2. The third-order valence-corrected chi connectivity index (χ3v) is 4.97. The van der Waals surface area contributed by atoms with E-state index in [1.807, 2.05) is 55.4 Å². The number of furan rings is 1. The van der Waals surface area contributed by atoms with Crippen molar-refractivity contribution in [3.05, 3.63) is 88.8 Å². The molecule has 0 unspecified atom stereocenters. The molecule has 2 aromatic carbocycles. The van der Waals surface area contributed by atoms with E-state index in [1.54, 1.807) is 35.4 Å². The topological polar surface area (TPSA) is 71.8 Å². The van der Waals surface area contributed by atoms with Crippen molar-refractivity contribution < 1.29 is 13.6 Å². The molecule has 0 atom stereocenters. The molecule has 0 N–H and O–H groups in total. The number of rotatable bonds is 7. The van der Waals surface area contributed by atoms with Crippen molar-refractivity contribution in [3.8, 4) is 0 Å². The van der Waals surface area contributed by atoms with E-state index in [9.17, 15) is 9.59 Å². The maximum absolute atomic E-state index is 13.2. The lowest BCUT2D eigenvalue weighted by atomic mass is 10.2. The highest BCUT2D eigenvalue weighted by atomic mass is 16.4. The summed E-state index contributed by atoms with van der Waals surface area (Å²) in [5.74, 6) is -0.0627. The fraction of sp³-hybridized carbons (Fsp3) is 0.217. The van der Waals surface area contributed by atoms with Crippen LogP contribution in [0.1, 0.15) is 11.3 Å². The Morgan fingerprint density at radius 2 is 1.73 bits per heavy atom. The Morgan fingerprint density at radius 1 is 0.967 bits per heavy atom. The van der Waals surface area contributed by atoms with Crippen molar-refractivity contribution in [2.75, 3.05) is 19.0 Å². The predicted octanol–water partition coefficient (Wildman–Crippen LogP) is 3.48. The normalized spacial score (nSPS) is 11.0. The van der Waals surface area contributed by atoms with Gasteiger partial charge < -0.3 is 18.6 Å². The first kappa shape index (κ1) is 19.6. The summed E-state index contributed by atoms with van der Waals surface area (Å²) in [6, 6.07) is 18.7. The van der Waals surface area contributed by atoms with Crippen LogP contribution in [0, 0.1) is 0 Å². The number of carbonyl (C=O) groups excluding carboxylic acids is 1. The van der Waals surface area contributed by atoms with Crippen LogP contribution in [0.25, 0.3) is 11.1 Å². The van der Waals surface area contributed by atoms with E-state index < -0.39 is 5.76 Å². The van der Waals surface area contributed by atoms with Crippen LogP contribution in [-0.4, -0.2) is 29.5 Å². The van der Waals surface area contributed by atoms with Gasteiger partial charge in [-0.15, -0.1) is 0 Å². The number of benzene rings is 2. The first-order valence-corrected chi connectivity index (χ1v) is 9.66. The number of fused-ring (bicyclic) bond motifs is 1. The van der Waals surface area contributed by atoms with E-state index in [4.69, 9.17) is 8.83 Å². The number of carbonyl (C=O) groups is 1. The smallest absolute Gasteiger partial charge is 0.420 e. The Morgan fingerprint density at radius 3 is 2.43 bits per heavy atom. The van der Waals surface area contributed by atoms with Crippen LogP contribution in [0.3, 0.4) is 0 Å². The van der Waals surface area contributed by atoms with Crippen molar-refractivity contribution in [2.24, 2.45) is 0 Å². The summed E-state index contributed by atoms with van der Waals surface area (Å²) in [7, 11) is 3.96. The van der Waals surface area contributed by atoms with E-state index in [0.29, 0.717) is 29.9 Å². The fourth-order valence-electron chi connectivity index (χ4n) is 3.34. The number of hydrogen-bond donors (Lipinski definition) is 0. The van der Waals surface area contributed by atoms with Gasteiger partial charge in [0, 0.05) is 26.3 Å². The van der Waals surface area contributed by atoms with Crippen LogP contribution in [0.15, 0.2) is 80.6 Å².